The number of carbonyl (C=O) groups is 2. The molecule has 0 aliphatic carbocycles. The fraction of sp³-hybridized carbons (Fsp3) is 0.750. The number of phosphoric ester groups is 1. The largest absolute Gasteiger partial charge is 0.756 e. The van der Waals surface area contributed by atoms with Crippen molar-refractivity contribution in [3.8, 4) is 0 Å². The number of unbranched alkanes of at least 4 members (excludes halogenated alkanes) is 37. The van der Waals surface area contributed by atoms with Crippen LogP contribution in [0.1, 0.15) is 335 Å². The molecule has 0 aromatic rings. The average molecular weight is 1280 g/mol. The molecule has 0 heterocycles. The van der Waals surface area contributed by atoms with Gasteiger partial charge < -0.3 is 27.9 Å². The van der Waals surface area contributed by atoms with Crippen LogP contribution in [0.2, 0.25) is 0 Å². The summed E-state index contributed by atoms with van der Waals surface area (Å²) >= 11 is 0. The van der Waals surface area contributed by atoms with Gasteiger partial charge in [0.05, 0.1) is 27.7 Å². The Morgan fingerprint density at radius 2 is 0.633 bits per heavy atom. The lowest BCUT2D eigenvalue weighted by Gasteiger charge is -2.28. The second-order valence-corrected chi connectivity index (χ2v) is 27.7. The van der Waals surface area contributed by atoms with E-state index in [9.17, 15) is 19.0 Å². The highest BCUT2D eigenvalue weighted by Crippen LogP contribution is 2.38. The molecule has 0 N–H and O–H groups in total. The molecule has 0 bridgehead atoms. The van der Waals surface area contributed by atoms with Crippen LogP contribution in [0.4, 0.5) is 0 Å². The summed E-state index contributed by atoms with van der Waals surface area (Å²) in [6, 6.07) is 0. The number of quaternary nitrogens is 1. The second-order valence-electron chi connectivity index (χ2n) is 26.3. The second kappa shape index (κ2) is 70.0. The number of ether oxygens (including phenoxy) is 2. The molecule has 0 saturated carbocycles. The van der Waals surface area contributed by atoms with Crippen molar-refractivity contribution in [1.29, 1.82) is 0 Å². The zero-order chi connectivity index (χ0) is 65.5. The number of hydrogen-bond donors (Lipinski definition) is 0. The van der Waals surface area contributed by atoms with Crippen LogP contribution in [0, 0.1) is 0 Å². The predicted molar refractivity (Wildman–Crippen MR) is 388 cm³/mol. The maximum atomic E-state index is 12.8. The van der Waals surface area contributed by atoms with Crippen LogP contribution in [-0.4, -0.2) is 70.0 Å². The van der Waals surface area contributed by atoms with Crippen LogP contribution < -0.4 is 4.89 Å². The third kappa shape index (κ3) is 73.7. The molecule has 0 aliphatic heterocycles. The third-order valence-electron chi connectivity index (χ3n) is 16.3. The number of hydrogen-bond acceptors (Lipinski definition) is 8. The number of allylic oxidation sites excluding steroid dienone is 18. The monoisotopic (exact) mass is 1280 g/mol. The van der Waals surface area contributed by atoms with Crippen molar-refractivity contribution in [2.45, 2.75) is 341 Å². The first-order chi connectivity index (χ1) is 44.0. The molecule has 2 atom stereocenters. The highest BCUT2D eigenvalue weighted by Gasteiger charge is 2.22. The van der Waals surface area contributed by atoms with Crippen molar-refractivity contribution in [1.82, 2.24) is 0 Å². The van der Waals surface area contributed by atoms with Gasteiger partial charge in [-0.3, -0.25) is 14.2 Å². The van der Waals surface area contributed by atoms with Crippen LogP contribution >= 0.6 is 7.82 Å². The van der Waals surface area contributed by atoms with Crippen molar-refractivity contribution < 1.29 is 42.1 Å². The SMILES string of the molecule is CC/C=C\C/C=C\C/C=C\C/C=C\C/C=C\C/C=C\C/C=C\C/C=C\C/C=C\CCCC(=O)OC(COC(=O)CCCCCCCCCCCCCCCCCCCCCCCCCCCCCCCCCCCCCCC)COP(=O)([O-])OCC[N+](C)(C)C. The normalized spacial score (nSPS) is 13.7. The van der Waals surface area contributed by atoms with Gasteiger partial charge in [0.25, 0.3) is 7.82 Å². The summed E-state index contributed by atoms with van der Waals surface area (Å²) < 4.78 is 34.2. The Labute approximate surface area is 556 Å². The van der Waals surface area contributed by atoms with E-state index in [-0.39, 0.29) is 26.1 Å². The van der Waals surface area contributed by atoms with Crippen LogP contribution in [0.15, 0.2) is 109 Å². The zero-order valence-corrected chi connectivity index (χ0v) is 60.2. The lowest BCUT2D eigenvalue weighted by molar-refractivity contribution is -0.870. The molecule has 520 valence electrons. The number of likely N-dealkylation sites (N-methyl/N-ethyl adjacent to an activating group) is 1. The third-order valence-corrected chi connectivity index (χ3v) is 17.3. The molecular formula is C80H142NO8P. The molecule has 10 heteroatoms. The van der Waals surface area contributed by atoms with E-state index in [1.165, 1.54) is 218 Å². The molecule has 0 rings (SSSR count). The number of carbonyl (C=O) groups excluding carboxylic acids is 2. The van der Waals surface area contributed by atoms with E-state index >= 15 is 0 Å². The molecule has 2 unspecified atom stereocenters. The molecule has 0 spiro atoms. The number of rotatable bonds is 69. The van der Waals surface area contributed by atoms with Gasteiger partial charge >= 0.3 is 11.9 Å². The molecule has 0 saturated heterocycles. The Bertz CT molecular complexity index is 1890. The average Bonchev–Trinajstić information content (AvgIpc) is 3.58. The van der Waals surface area contributed by atoms with E-state index in [0.29, 0.717) is 23.9 Å². The highest BCUT2D eigenvalue weighted by atomic mass is 31.2. The molecule has 0 aromatic heterocycles. The van der Waals surface area contributed by atoms with E-state index in [1.54, 1.807) is 0 Å². The number of esters is 2. The van der Waals surface area contributed by atoms with E-state index in [4.69, 9.17) is 18.5 Å². The minimum Gasteiger partial charge on any atom is -0.756 e. The molecule has 9 nitrogen and oxygen atoms in total. The van der Waals surface area contributed by atoms with Gasteiger partial charge in [0.15, 0.2) is 6.10 Å². The number of phosphoric acid groups is 1. The first-order valence-electron chi connectivity index (χ1n) is 37.6. The molecule has 0 amide bonds. The topological polar surface area (TPSA) is 111 Å². The van der Waals surface area contributed by atoms with Crippen LogP contribution in [-0.2, 0) is 32.7 Å². The van der Waals surface area contributed by atoms with Crippen molar-refractivity contribution in [3.05, 3.63) is 109 Å². The fourth-order valence-corrected chi connectivity index (χ4v) is 11.3. The molecule has 0 aromatic carbocycles. The van der Waals surface area contributed by atoms with Crippen LogP contribution in [0.3, 0.4) is 0 Å². The Kier molecular flexibility index (Phi) is 67.4. The van der Waals surface area contributed by atoms with Crippen molar-refractivity contribution in [3.63, 3.8) is 0 Å². The Balaban J connectivity index is 4.05. The van der Waals surface area contributed by atoms with E-state index in [0.717, 1.165) is 77.0 Å². The summed E-state index contributed by atoms with van der Waals surface area (Å²) in [5, 5.41) is 0. The van der Waals surface area contributed by atoms with E-state index in [1.807, 2.05) is 27.2 Å². The Morgan fingerprint density at radius 1 is 0.356 bits per heavy atom. The summed E-state index contributed by atoms with van der Waals surface area (Å²) in [6.45, 7) is 4.09. The molecular weight excluding hydrogens is 1130 g/mol. The highest BCUT2D eigenvalue weighted by molar-refractivity contribution is 7.45. The van der Waals surface area contributed by atoms with Crippen molar-refractivity contribution in [2.24, 2.45) is 0 Å². The minimum absolute atomic E-state index is 0.0460. The quantitative estimate of drug-likeness (QED) is 0.0195. The van der Waals surface area contributed by atoms with Crippen molar-refractivity contribution >= 4 is 19.8 Å². The van der Waals surface area contributed by atoms with Gasteiger partial charge in [0.1, 0.15) is 19.8 Å². The molecule has 0 aliphatic rings. The van der Waals surface area contributed by atoms with Gasteiger partial charge in [0.2, 0.25) is 0 Å². The Morgan fingerprint density at radius 3 is 0.933 bits per heavy atom. The smallest absolute Gasteiger partial charge is 0.306 e. The van der Waals surface area contributed by atoms with Gasteiger partial charge in [0, 0.05) is 12.8 Å². The minimum atomic E-state index is -4.67. The maximum absolute atomic E-state index is 12.8. The maximum Gasteiger partial charge on any atom is 0.306 e. The lowest BCUT2D eigenvalue weighted by atomic mass is 10.0. The van der Waals surface area contributed by atoms with E-state index in [2.05, 4.69) is 117 Å². The molecule has 90 heavy (non-hydrogen) atoms. The van der Waals surface area contributed by atoms with Gasteiger partial charge in [-0.25, -0.2) is 0 Å². The van der Waals surface area contributed by atoms with Gasteiger partial charge in [-0.15, -0.1) is 0 Å². The summed E-state index contributed by atoms with van der Waals surface area (Å²) in [5.41, 5.74) is 0. The summed E-state index contributed by atoms with van der Waals surface area (Å²) in [4.78, 5) is 38.1. The van der Waals surface area contributed by atoms with Gasteiger partial charge in [-0.05, 0) is 77.0 Å². The Hall–Kier alpha value is -3.33. The number of nitrogens with zero attached hydrogens (tertiary/aromatic N) is 1. The van der Waals surface area contributed by atoms with E-state index < -0.39 is 32.5 Å². The fourth-order valence-electron chi connectivity index (χ4n) is 10.6. The summed E-state index contributed by atoms with van der Waals surface area (Å²) in [5.74, 6) is -0.898. The molecule has 0 fully saturated rings. The first kappa shape index (κ1) is 86.7. The predicted octanol–water partition coefficient (Wildman–Crippen LogP) is 24.2. The standard InChI is InChI=1S/C80H142NO8P/c1-6-8-10-12-14-16-18-20-22-24-26-28-30-32-34-36-37-38-39-40-41-42-43-45-46-48-50-52-54-56-58-60-62-64-66-68-70-72-79(82)86-76-78(77-88-90(84,85)87-75-74-81(3,4)5)89-80(83)73-71-69-67-65-63-61-59-57-55-53-51-49-47-44-35-33-31-29-27-25-23-21-19-17-15-13-11-9-7-2/h9,11,15,17,21,23,27,29,33,35,47,49,53,55,59,61,65,67,78H,6-8,10,12-14,16,18-20,22,24-26,28,30-32,34,36-46,48,50-52,54,56-58,60,62-64,66,68-77H2,1-5H3/b11-9-,17-15-,23-21-,29-27-,35-33-,49-47-,55-53-,61-59-,67-65-. The zero-order valence-electron chi connectivity index (χ0n) is 59.3. The first-order valence-corrected chi connectivity index (χ1v) is 39.1. The summed E-state index contributed by atoms with van der Waals surface area (Å²) in [6.07, 6.45) is 99.3. The van der Waals surface area contributed by atoms with Crippen LogP contribution in [0.25, 0.3) is 0 Å². The summed E-state index contributed by atoms with van der Waals surface area (Å²) in [7, 11) is 1.13. The van der Waals surface area contributed by atoms with Gasteiger partial charge in [-0.2, -0.15) is 0 Å². The molecule has 0 radical (unpaired) electrons. The van der Waals surface area contributed by atoms with Gasteiger partial charge in [-0.1, -0.05) is 354 Å². The van der Waals surface area contributed by atoms with Crippen molar-refractivity contribution in [2.75, 3.05) is 47.5 Å². The van der Waals surface area contributed by atoms with Crippen LogP contribution in [0.5, 0.6) is 0 Å². The lowest BCUT2D eigenvalue weighted by Crippen LogP contribution is -2.37.